The normalized spacial score (nSPS) is 14.6. The van der Waals surface area contributed by atoms with Gasteiger partial charge in [0.05, 0.1) is 19.3 Å². The molecule has 1 aromatic rings. The number of hydrogen-bond acceptors (Lipinski definition) is 5. The van der Waals surface area contributed by atoms with E-state index in [2.05, 4.69) is 15.6 Å². The monoisotopic (exact) mass is 281 g/mol. The summed E-state index contributed by atoms with van der Waals surface area (Å²) in [5, 5.41) is 18.4. The van der Waals surface area contributed by atoms with E-state index in [9.17, 15) is 14.4 Å². The minimum Gasteiger partial charge on any atom is -0.476 e. The van der Waals surface area contributed by atoms with Crippen LogP contribution in [0.15, 0.2) is 6.20 Å². The van der Waals surface area contributed by atoms with Gasteiger partial charge in [0.2, 0.25) is 11.8 Å². The maximum atomic E-state index is 11.6. The third-order valence-corrected chi connectivity index (χ3v) is 2.93. The van der Waals surface area contributed by atoms with Crippen molar-refractivity contribution in [3.05, 3.63) is 11.9 Å². The highest BCUT2D eigenvalue weighted by atomic mass is 16.4. The molecule has 1 aromatic heterocycles. The Morgan fingerprint density at radius 2 is 2.25 bits per heavy atom. The fraction of sp³-hybridized carbons (Fsp3) is 0.545. The van der Waals surface area contributed by atoms with Gasteiger partial charge in [-0.05, 0) is 6.42 Å². The van der Waals surface area contributed by atoms with Gasteiger partial charge < -0.3 is 15.3 Å². The van der Waals surface area contributed by atoms with Gasteiger partial charge in [-0.15, -0.1) is 5.10 Å². The second-order valence-corrected chi connectivity index (χ2v) is 4.44. The Balaban J connectivity index is 1.70. The van der Waals surface area contributed by atoms with Crippen molar-refractivity contribution < 1.29 is 19.5 Å². The standard InChI is InChI=1S/C11H15N5O4/c17-9(7-15-4-1-2-10(15)18)12-3-5-16-6-8(11(19)20)13-14-16/h6H,1-5,7H2,(H,12,17)(H,19,20). The number of nitrogens with one attached hydrogen (secondary N) is 1. The Labute approximate surface area is 114 Å². The van der Waals surface area contributed by atoms with Crippen LogP contribution < -0.4 is 5.32 Å². The Morgan fingerprint density at radius 3 is 2.85 bits per heavy atom. The summed E-state index contributed by atoms with van der Waals surface area (Å²) in [4.78, 5) is 35.1. The lowest BCUT2D eigenvalue weighted by Gasteiger charge is -2.14. The number of carbonyl (C=O) groups is 3. The summed E-state index contributed by atoms with van der Waals surface area (Å²) in [7, 11) is 0. The molecule has 9 heteroatoms. The largest absolute Gasteiger partial charge is 0.476 e. The van der Waals surface area contributed by atoms with Crippen molar-refractivity contribution in [1.29, 1.82) is 0 Å². The van der Waals surface area contributed by atoms with Crippen LogP contribution in [0.25, 0.3) is 0 Å². The summed E-state index contributed by atoms with van der Waals surface area (Å²) in [5.74, 6) is -1.38. The number of hydrogen-bond donors (Lipinski definition) is 2. The molecule has 0 spiro atoms. The van der Waals surface area contributed by atoms with Gasteiger partial charge in [0.1, 0.15) is 0 Å². The van der Waals surface area contributed by atoms with E-state index < -0.39 is 5.97 Å². The van der Waals surface area contributed by atoms with Gasteiger partial charge in [-0.3, -0.25) is 9.59 Å². The molecule has 1 saturated heterocycles. The van der Waals surface area contributed by atoms with Crippen LogP contribution in [-0.2, 0) is 16.1 Å². The predicted octanol–water partition coefficient (Wildman–Crippen LogP) is -1.29. The number of carboxylic acids is 1. The first-order valence-corrected chi connectivity index (χ1v) is 6.24. The lowest BCUT2D eigenvalue weighted by molar-refractivity contribution is -0.133. The molecule has 0 aromatic carbocycles. The molecule has 20 heavy (non-hydrogen) atoms. The van der Waals surface area contributed by atoms with Crippen molar-refractivity contribution in [3.63, 3.8) is 0 Å². The fourth-order valence-electron chi connectivity index (χ4n) is 1.92. The minimum atomic E-state index is -1.15. The third-order valence-electron chi connectivity index (χ3n) is 2.93. The lowest BCUT2D eigenvalue weighted by atomic mass is 10.4. The van der Waals surface area contributed by atoms with Crippen molar-refractivity contribution in [2.45, 2.75) is 19.4 Å². The highest BCUT2D eigenvalue weighted by molar-refractivity contribution is 5.86. The van der Waals surface area contributed by atoms with Crippen LogP contribution in [0.4, 0.5) is 0 Å². The van der Waals surface area contributed by atoms with Crippen molar-refractivity contribution in [2.24, 2.45) is 0 Å². The van der Waals surface area contributed by atoms with E-state index in [1.165, 1.54) is 15.8 Å². The number of carbonyl (C=O) groups excluding carboxylic acids is 2. The molecule has 0 unspecified atom stereocenters. The van der Waals surface area contributed by atoms with Gasteiger partial charge in [0.15, 0.2) is 5.69 Å². The summed E-state index contributed by atoms with van der Waals surface area (Å²) in [6.45, 7) is 1.30. The van der Waals surface area contributed by atoms with Crippen LogP contribution in [0.3, 0.4) is 0 Å². The maximum Gasteiger partial charge on any atom is 0.358 e. The van der Waals surface area contributed by atoms with Gasteiger partial charge in [-0.2, -0.15) is 0 Å². The summed E-state index contributed by atoms with van der Waals surface area (Å²) < 4.78 is 1.34. The minimum absolute atomic E-state index is 0.00234. The van der Waals surface area contributed by atoms with E-state index in [0.717, 1.165) is 6.42 Å². The molecule has 0 aliphatic carbocycles. The lowest BCUT2D eigenvalue weighted by Crippen LogP contribution is -2.38. The van der Waals surface area contributed by atoms with Crippen molar-refractivity contribution >= 4 is 17.8 Å². The Kier molecular flexibility index (Phi) is 4.28. The molecule has 0 radical (unpaired) electrons. The predicted molar refractivity (Wildman–Crippen MR) is 65.8 cm³/mol. The van der Waals surface area contributed by atoms with Gasteiger partial charge in [-0.25, -0.2) is 9.48 Å². The molecule has 108 valence electrons. The highest BCUT2D eigenvalue weighted by Gasteiger charge is 2.21. The van der Waals surface area contributed by atoms with E-state index in [1.54, 1.807) is 0 Å². The first-order chi connectivity index (χ1) is 9.56. The zero-order valence-corrected chi connectivity index (χ0v) is 10.8. The topological polar surface area (TPSA) is 117 Å². The fourth-order valence-corrected chi connectivity index (χ4v) is 1.92. The smallest absolute Gasteiger partial charge is 0.358 e. The van der Waals surface area contributed by atoms with Crippen molar-refractivity contribution in [1.82, 2.24) is 25.2 Å². The molecule has 0 saturated carbocycles. The Bertz CT molecular complexity index is 527. The molecule has 1 aliphatic heterocycles. The van der Waals surface area contributed by atoms with Gasteiger partial charge in [0.25, 0.3) is 0 Å². The van der Waals surface area contributed by atoms with Crippen molar-refractivity contribution in [2.75, 3.05) is 19.6 Å². The third kappa shape index (κ3) is 3.53. The number of nitrogens with zero attached hydrogens (tertiary/aromatic N) is 4. The zero-order chi connectivity index (χ0) is 14.5. The SMILES string of the molecule is O=C(CN1CCCC1=O)NCCn1cc(C(=O)O)nn1. The van der Waals surface area contributed by atoms with Crippen LogP contribution in [0.2, 0.25) is 0 Å². The molecular formula is C11H15N5O4. The summed E-state index contributed by atoms with van der Waals surface area (Å²) in [6, 6.07) is 0. The molecule has 0 bridgehead atoms. The molecule has 2 amide bonds. The van der Waals surface area contributed by atoms with Gasteiger partial charge in [-0.1, -0.05) is 5.21 Å². The molecular weight excluding hydrogens is 266 g/mol. The van der Waals surface area contributed by atoms with Crippen LogP contribution in [-0.4, -0.2) is 62.4 Å². The molecule has 2 rings (SSSR count). The van der Waals surface area contributed by atoms with Crippen LogP contribution >= 0.6 is 0 Å². The molecule has 9 nitrogen and oxygen atoms in total. The molecule has 2 heterocycles. The van der Waals surface area contributed by atoms with E-state index >= 15 is 0 Å². The summed E-state index contributed by atoms with van der Waals surface area (Å²) >= 11 is 0. The van der Waals surface area contributed by atoms with Crippen LogP contribution in [0, 0.1) is 0 Å². The molecule has 0 atom stereocenters. The Morgan fingerprint density at radius 1 is 1.45 bits per heavy atom. The van der Waals surface area contributed by atoms with Gasteiger partial charge >= 0.3 is 5.97 Å². The zero-order valence-electron chi connectivity index (χ0n) is 10.8. The molecule has 2 N–H and O–H groups in total. The maximum absolute atomic E-state index is 11.6. The average molecular weight is 281 g/mol. The van der Waals surface area contributed by atoms with E-state index in [0.29, 0.717) is 26.1 Å². The number of carboxylic acid groups (broad SMARTS) is 1. The quantitative estimate of drug-likeness (QED) is 0.670. The summed E-state index contributed by atoms with van der Waals surface area (Å²) in [6.07, 6.45) is 2.59. The number of aromatic nitrogens is 3. The van der Waals surface area contributed by atoms with Crippen molar-refractivity contribution in [3.8, 4) is 0 Å². The van der Waals surface area contributed by atoms with Gasteiger partial charge in [0, 0.05) is 19.5 Å². The van der Waals surface area contributed by atoms with E-state index in [-0.39, 0.29) is 24.1 Å². The number of rotatable bonds is 6. The average Bonchev–Trinajstić information content (AvgIpc) is 3.00. The molecule has 1 fully saturated rings. The van der Waals surface area contributed by atoms with Crippen LogP contribution in [0.1, 0.15) is 23.3 Å². The second kappa shape index (κ2) is 6.13. The number of amides is 2. The summed E-state index contributed by atoms with van der Waals surface area (Å²) in [5.41, 5.74) is -0.140. The number of likely N-dealkylation sites (tertiary alicyclic amines) is 1. The van der Waals surface area contributed by atoms with E-state index in [4.69, 9.17) is 5.11 Å². The van der Waals surface area contributed by atoms with Crippen LogP contribution in [0.5, 0.6) is 0 Å². The Hall–Kier alpha value is -2.45. The molecule has 1 aliphatic rings. The first-order valence-electron chi connectivity index (χ1n) is 6.24. The first kappa shape index (κ1) is 14.0. The highest BCUT2D eigenvalue weighted by Crippen LogP contribution is 2.08. The second-order valence-electron chi connectivity index (χ2n) is 4.44. The number of aromatic carboxylic acids is 1. The van der Waals surface area contributed by atoms with E-state index in [1.807, 2.05) is 0 Å².